The number of nitrogens with one attached hydrogen (secondary N) is 2. The van der Waals surface area contributed by atoms with E-state index in [0.717, 1.165) is 25.1 Å². The summed E-state index contributed by atoms with van der Waals surface area (Å²) in [6, 6.07) is 7.27. The number of carbonyl (C=O) groups is 2. The number of piperidine rings is 1. The van der Waals surface area contributed by atoms with Crippen LogP contribution in [0.1, 0.15) is 41.2 Å². The second-order valence-corrected chi connectivity index (χ2v) is 6.20. The first-order valence-corrected chi connectivity index (χ1v) is 8.44. The fourth-order valence-corrected chi connectivity index (χ4v) is 3.10. The number of H-pyrrole nitrogens is 1. The summed E-state index contributed by atoms with van der Waals surface area (Å²) >= 11 is 0. The van der Waals surface area contributed by atoms with Crippen LogP contribution in [-0.2, 0) is 4.79 Å². The van der Waals surface area contributed by atoms with Crippen LogP contribution in [0.4, 0.5) is 4.39 Å². The molecule has 1 aromatic heterocycles. The second-order valence-electron chi connectivity index (χ2n) is 6.20. The van der Waals surface area contributed by atoms with Gasteiger partial charge in [0, 0.05) is 49.4 Å². The van der Waals surface area contributed by atoms with Gasteiger partial charge in [-0.25, -0.2) is 4.39 Å². The van der Waals surface area contributed by atoms with E-state index in [1.165, 1.54) is 24.3 Å². The number of carbonyl (C=O) groups excluding carboxylic acids is 2. The summed E-state index contributed by atoms with van der Waals surface area (Å²) in [5.74, 6) is -0.372. The Morgan fingerprint density at radius 1 is 1.28 bits per heavy atom. The molecule has 0 spiro atoms. The summed E-state index contributed by atoms with van der Waals surface area (Å²) in [5.41, 5.74) is 1.44. The monoisotopic (exact) mass is 344 g/mol. The summed E-state index contributed by atoms with van der Waals surface area (Å²) in [6.07, 6.45) is 3.97. The number of hydrogen-bond acceptors (Lipinski definition) is 3. The van der Waals surface area contributed by atoms with Crippen LogP contribution in [0.3, 0.4) is 0 Å². The maximum Gasteiger partial charge on any atom is 0.251 e. The van der Waals surface area contributed by atoms with Crippen LogP contribution >= 0.6 is 0 Å². The van der Waals surface area contributed by atoms with Gasteiger partial charge in [-0.15, -0.1) is 0 Å². The third-order valence-electron chi connectivity index (χ3n) is 4.47. The Balaban J connectivity index is 1.45. The average Bonchev–Trinajstić information content (AvgIpc) is 3.17. The molecule has 0 saturated carbocycles. The number of likely N-dealkylation sites (tertiary alicyclic amines) is 1. The summed E-state index contributed by atoms with van der Waals surface area (Å²) < 4.78 is 12.9. The molecule has 2 heterocycles. The number of aromatic amines is 1. The SMILES string of the molecule is O=C(NCCC(=O)N1CCC[C@@H](c2ccn[nH]2)C1)c1ccc(F)cc1. The Bertz CT molecular complexity index is 715. The lowest BCUT2D eigenvalue weighted by Crippen LogP contribution is -2.40. The first kappa shape index (κ1) is 17.1. The van der Waals surface area contributed by atoms with Crippen LogP contribution in [0.15, 0.2) is 36.5 Å². The number of halogens is 1. The standard InChI is InChI=1S/C18H21FN4O2/c19-15-5-3-13(4-6-15)18(25)20-9-8-17(24)23-11-1-2-14(12-23)16-7-10-21-22-16/h3-7,10,14H,1-2,8-9,11-12H2,(H,20,25)(H,21,22)/t14-/m1/s1. The van der Waals surface area contributed by atoms with Crippen molar-refractivity contribution in [2.24, 2.45) is 0 Å². The van der Waals surface area contributed by atoms with Gasteiger partial charge >= 0.3 is 0 Å². The molecule has 2 aromatic rings. The smallest absolute Gasteiger partial charge is 0.251 e. The first-order valence-electron chi connectivity index (χ1n) is 8.44. The average molecular weight is 344 g/mol. The minimum atomic E-state index is -0.386. The van der Waals surface area contributed by atoms with E-state index >= 15 is 0 Å². The molecule has 1 saturated heterocycles. The van der Waals surface area contributed by atoms with Gasteiger partial charge in [-0.2, -0.15) is 5.10 Å². The molecular formula is C18H21FN4O2. The number of hydrogen-bond donors (Lipinski definition) is 2. The van der Waals surface area contributed by atoms with Crippen LogP contribution in [0.5, 0.6) is 0 Å². The van der Waals surface area contributed by atoms with Crippen molar-refractivity contribution in [1.82, 2.24) is 20.4 Å². The van der Waals surface area contributed by atoms with Crippen molar-refractivity contribution < 1.29 is 14.0 Å². The lowest BCUT2D eigenvalue weighted by molar-refractivity contribution is -0.132. The van der Waals surface area contributed by atoms with Crippen LogP contribution in [-0.4, -0.2) is 46.5 Å². The molecule has 6 nitrogen and oxygen atoms in total. The maximum atomic E-state index is 12.9. The molecule has 1 aromatic carbocycles. The van der Waals surface area contributed by atoms with E-state index in [0.29, 0.717) is 12.1 Å². The lowest BCUT2D eigenvalue weighted by atomic mass is 9.95. The number of rotatable bonds is 5. The summed E-state index contributed by atoms with van der Waals surface area (Å²) in [4.78, 5) is 26.2. The normalized spacial score (nSPS) is 17.3. The molecule has 1 aliphatic rings. The van der Waals surface area contributed by atoms with Crippen molar-refractivity contribution in [3.63, 3.8) is 0 Å². The summed E-state index contributed by atoms with van der Waals surface area (Å²) in [5, 5.41) is 9.65. The van der Waals surface area contributed by atoms with Gasteiger partial charge in [0.25, 0.3) is 5.91 Å². The number of amides is 2. The molecule has 25 heavy (non-hydrogen) atoms. The molecular weight excluding hydrogens is 323 g/mol. The topological polar surface area (TPSA) is 78.1 Å². The zero-order valence-electron chi connectivity index (χ0n) is 13.9. The van der Waals surface area contributed by atoms with Crippen LogP contribution in [0, 0.1) is 5.82 Å². The molecule has 132 valence electrons. The van der Waals surface area contributed by atoms with Crippen molar-refractivity contribution in [3.8, 4) is 0 Å². The molecule has 1 atom stereocenters. The maximum absolute atomic E-state index is 12.9. The predicted molar refractivity (Wildman–Crippen MR) is 90.5 cm³/mol. The molecule has 0 unspecified atom stereocenters. The van der Waals surface area contributed by atoms with Gasteiger partial charge in [0.15, 0.2) is 0 Å². The minimum absolute atomic E-state index is 0.0311. The zero-order chi connectivity index (χ0) is 17.6. The van der Waals surface area contributed by atoms with Gasteiger partial charge < -0.3 is 10.2 Å². The molecule has 0 bridgehead atoms. The van der Waals surface area contributed by atoms with Crippen molar-refractivity contribution >= 4 is 11.8 Å². The molecule has 7 heteroatoms. The van der Waals surface area contributed by atoms with E-state index in [4.69, 9.17) is 0 Å². The first-order chi connectivity index (χ1) is 12.1. The van der Waals surface area contributed by atoms with Crippen molar-refractivity contribution in [2.45, 2.75) is 25.2 Å². The van der Waals surface area contributed by atoms with E-state index in [2.05, 4.69) is 15.5 Å². The lowest BCUT2D eigenvalue weighted by Gasteiger charge is -2.32. The second kappa shape index (κ2) is 7.92. The fraction of sp³-hybridized carbons (Fsp3) is 0.389. The van der Waals surface area contributed by atoms with E-state index in [1.54, 1.807) is 6.20 Å². The molecule has 2 N–H and O–H groups in total. The molecule has 1 fully saturated rings. The van der Waals surface area contributed by atoms with Crippen LogP contribution in [0.25, 0.3) is 0 Å². The van der Waals surface area contributed by atoms with Crippen molar-refractivity contribution in [1.29, 1.82) is 0 Å². The molecule has 3 rings (SSSR count). The highest BCUT2D eigenvalue weighted by molar-refractivity contribution is 5.94. The van der Waals surface area contributed by atoms with Gasteiger partial charge in [0.2, 0.25) is 5.91 Å². The van der Waals surface area contributed by atoms with E-state index in [9.17, 15) is 14.0 Å². The third-order valence-corrected chi connectivity index (χ3v) is 4.47. The number of nitrogens with zero attached hydrogens (tertiary/aromatic N) is 2. The van der Waals surface area contributed by atoms with Gasteiger partial charge in [-0.1, -0.05) is 0 Å². The highest BCUT2D eigenvalue weighted by Gasteiger charge is 2.25. The molecule has 2 amide bonds. The Hall–Kier alpha value is -2.70. The van der Waals surface area contributed by atoms with Crippen LogP contribution in [0.2, 0.25) is 0 Å². The summed E-state index contributed by atoms with van der Waals surface area (Å²) in [6.45, 7) is 1.68. The molecule has 1 aliphatic heterocycles. The Labute approximate surface area is 145 Å². The zero-order valence-corrected chi connectivity index (χ0v) is 13.9. The van der Waals surface area contributed by atoms with Gasteiger partial charge in [-0.3, -0.25) is 14.7 Å². The van der Waals surface area contributed by atoms with E-state index in [-0.39, 0.29) is 36.5 Å². The van der Waals surface area contributed by atoms with Crippen molar-refractivity contribution in [2.75, 3.05) is 19.6 Å². The van der Waals surface area contributed by atoms with E-state index in [1.807, 2.05) is 11.0 Å². The Morgan fingerprint density at radius 2 is 2.08 bits per heavy atom. The van der Waals surface area contributed by atoms with Crippen LogP contribution < -0.4 is 5.32 Å². The highest BCUT2D eigenvalue weighted by Crippen LogP contribution is 2.25. The predicted octanol–water partition coefficient (Wildman–Crippen LogP) is 2.07. The molecule has 0 radical (unpaired) electrons. The number of aromatic nitrogens is 2. The number of benzene rings is 1. The van der Waals surface area contributed by atoms with E-state index < -0.39 is 0 Å². The summed E-state index contributed by atoms with van der Waals surface area (Å²) in [7, 11) is 0. The third kappa shape index (κ3) is 4.43. The molecule has 0 aliphatic carbocycles. The Kier molecular flexibility index (Phi) is 5.42. The van der Waals surface area contributed by atoms with Crippen molar-refractivity contribution in [3.05, 3.63) is 53.6 Å². The highest BCUT2D eigenvalue weighted by atomic mass is 19.1. The minimum Gasteiger partial charge on any atom is -0.352 e. The Morgan fingerprint density at radius 3 is 2.80 bits per heavy atom. The quantitative estimate of drug-likeness (QED) is 0.872. The fourth-order valence-electron chi connectivity index (χ4n) is 3.10. The van der Waals surface area contributed by atoms with Gasteiger partial charge in [0.05, 0.1) is 0 Å². The largest absolute Gasteiger partial charge is 0.352 e. The van der Waals surface area contributed by atoms with Gasteiger partial charge in [0.1, 0.15) is 5.82 Å². The van der Waals surface area contributed by atoms with Gasteiger partial charge in [-0.05, 0) is 43.2 Å².